The van der Waals surface area contributed by atoms with Crippen LogP contribution in [0.5, 0.6) is 0 Å². The van der Waals surface area contributed by atoms with Crippen LogP contribution in [0.4, 0.5) is 0 Å². The molecule has 0 spiro atoms. The second-order valence-electron chi connectivity index (χ2n) is 13.8. The number of esters is 1. The maximum absolute atomic E-state index is 12.4. The third-order valence-electron chi connectivity index (χ3n) is 12.2. The molecule has 12 nitrogen and oxygen atoms in total. The summed E-state index contributed by atoms with van der Waals surface area (Å²) in [5.41, 5.74) is -4.46. The molecule has 0 aromatic carbocycles. The Hall–Kier alpha value is -1.19. The van der Waals surface area contributed by atoms with Gasteiger partial charge in [-0.2, -0.15) is 0 Å². The van der Waals surface area contributed by atoms with E-state index < -0.39 is 95.5 Å². The van der Waals surface area contributed by atoms with Crippen molar-refractivity contribution in [2.75, 3.05) is 13.2 Å². The third kappa shape index (κ3) is 3.99. The van der Waals surface area contributed by atoms with Gasteiger partial charge in [-0.1, -0.05) is 6.92 Å². The first-order chi connectivity index (χ1) is 19.2. The highest BCUT2D eigenvalue weighted by Crippen LogP contribution is 2.70. The van der Waals surface area contributed by atoms with Gasteiger partial charge in [-0.05, 0) is 56.4 Å². The summed E-state index contributed by atoms with van der Waals surface area (Å²) in [7, 11) is 0. The van der Waals surface area contributed by atoms with Crippen molar-refractivity contribution in [3.63, 3.8) is 0 Å². The zero-order chi connectivity index (χ0) is 29.7. The molecular weight excluding hydrogens is 540 g/mol. The fraction of sp³-hybridized carbons (Fsp3) is 0.897. The van der Waals surface area contributed by atoms with Crippen LogP contribution in [0, 0.1) is 28.6 Å². The fourth-order valence-electron chi connectivity index (χ4n) is 10.1. The quantitative estimate of drug-likeness (QED) is 0.140. The molecule has 0 unspecified atom stereocenters. The molecule has 12 heteroatoms. The van der Waals surface area contributed by atoms with Gasteiger partial charge in [0.2, 0.25) is 0 Å². The van der Waals surface area contributed by atoms with E-state index in [1.807, 2.05) is 6.92 Å². The Morgan fingerprint density at radius 3 is 2.41 bits per heavy atom. The number of hydrogen-bond donors (Lipinski definition) is 8. The maximum Gasteiger partial charge on any atom is 0.331 e. The largest absolute Gasteiger partial charge is 0.458 e. The normalized spacial score (nSPS) is 56.9. The molecule has 0 bridgehead atoms. The van der Waals surface area contributed by atoms with Crippen LogP contribution >= 0.6 is 0 Å². The van der Waals surface area contributed by atoms with Crippen LogP contribution in [-0.2, 0) is 19.0 Å². The monoisotopic (exact) mass is 584 g/mol. The van der Waals surface area contributed by atoms with Gasteiger partial charge in [-0.15, -0.1) is 0 Å². The van der Waals surface area contributed by atoms with E-state index in [4.69, 9.17) is 14.2 Å². The lowest BCUT2D eigenvalue weighted by atomic mass is 9.40. The van der Waals surface area contributed by atoms with E-state index >= 15 is 0 Å². The highest BCUT2D eigenvalue weighted by molar-refractivity contribution is 5.85. The fourth-order valence-corrected chi connectivity index (χ4v) is 10.1. The van der Waals surface area contributed by atoms with Gasteiger partial charge in [0.05, 0.1) is 47.6 Å². The van der Waals surface area contributed by atoms with Crippen LogP contribution in [0.2, 0.25) is 0 Å². The molecule has 5 fully saturated rings. The molecule has 8 N–H and O–H groups in total. The standard InChI is InChI=1S/C29H44O12/c1-13-22(34)23(35)24(36)25(40-13)41-15-8-19(32)28(12-30)21-17(3-5-27(28,37)9-15)29(38)6-4-16(14-7-20(33)39-11-14)26(29,2)10-18(21)31/h7,13,15-19,21-25,30-32,34-38H,3-6,8-12H2,1-2H3/t13-,15+,16-,17-,18-,19-,21+,22+,23+,24+,25+,26-,27+,28-,29+/m1/s1. The molecule has 6 aliphatic rings. The molecule has 0 amide bonds. The van der Waals surface area contributed by atoms with Gasteiger partial charge < -0.3 is 55.1 Å². The van der Waals surface area contributed by atoms with Crippen molar-refractivity contribution in [1.29, 1.82) is 0 Å². The molecule has 6 rings (SSSR count). The minimum atomic E-state index is -1.67. The van der Waals surface area contributed by atoms with Crippen LogP contribution < -0.4 is 0 Å². The van der Waals surface area contributed by atoms with E-state index in [-0.39, 0.29) is 38.2 Å². The van der Waals surface area contributed by atoms with Crippen molar-refractivity contribution < 1.29 is 59.9 Å². The van der Waals surface area contributed by atoms with Crippen molar-refractivity contribution in [3.8, 4) is 0 Å². The molecule has 41 heavy (non-hydrogen) atoms. The van der Waals surface area contributed by atoms with Gasteiger partial charge in [-0.25, -0.2) is 4.79 Å². The average molecular weight is 585 g/mol. The first-order valence-electron chi connectivity index (χ1n) is 14.9. The smallest absolute Gasteiger partial charge is 0.331 e. The number of rotatable bonds is 4. The molecule has 0 aromatic rings. The summed E-state index contributed by atoms with van der Waals surface area (Å²) in [5, 5.41) is 89.6. The van der Waals surface area contributed by atoms with Crippen LogP contribution in [-0.4, -0.2) is 120 Å². The van der Waals surface area contributed by atoms with E-state index in [1.165, 1.54) is 13.0 Å². The minimum Gasteiger partial charge on any atom is -0.458 e. The van der Waals surface area contributed by atoms with E-state index in [2.05, 4.69) is 0 Å². The maximum atomic E-state index is 12.4. The minimum absolute atomic E-state index is 0.0369. The second kappa shape index (κ2) is 9.91. The Balaban J connectivity index is 1.28. The molecule has 15 atom stereocenters. The van der Waals surface area contributed by atoms with Gasteiger partial charge in [0, 0.05) is 30.3 Å². The summed E-state index contributed by atoms with van der Waals surface area (Å²) >= 11 is 0. The average Bonchev–Trinajstić information content (AvgIpc) is 3.45. The molecule has 0 aromatic heterocycles. The zero-order valence-electron chi connectivity index (χ0n) is 23.5. The molecule has 4 saturated carbocycles. The second-order valence-corrected chi connectivity index (χ2v) is 13.8. The Morgan fingerprint density at radius 2 is 1.76 bits per heavy atom. The number of hydrogen-bond acceptors (Lipinski definition) is 12. The van der Waals surface area contributed by atoms with E-state index in [9.17, 15) is 45.6 Å². The van der Waals surface area contributed by atoms with Crippen LogP contribution in [0.15, 0.2) is 11.6 Å². The first-order valence-corrected chi connectivity index (χ1v) is 14.9. The van der Waals surface area contributed by atoms with Crippen molar-refractivity contribution in [3.05, 3.63) is 11.6 Å². The van der Waals surface area contributed by atoms with Gasteiger partial charge >= 0.3 is 5.97 Å². The topological polar surface area (TPSA) is 207 Å². The van der Waals surface area contributed by atoms with Crippen molar-refractivity contribution >= 4 is 5.97 Å². The molecule has 0 radical (unpaired) electrons. The van der Waals surface area contributed by atoms with Gasteiger partial charge in [-0.3, -0.25) is 0 Å². The van der Waals surface area contributed by atoms with Crippen molar-refractivity contribution in [1.82, 2.24) is 0 Å². The van der Waals surface area contributed by atoms with E-state index in [0.717, 1.165) is 5.57 Å². The lowest BCUT2D eigenvalue weighted by Gasteiger charge is -2.68. The Bertz CT molecular complexity index is 1080. The summed E-state index contributed by atoms with van der Waals surface area (Å²) in [6.07, 6.45) is -6.68. The summed E-state index contributed by atoms with van der Waals surface area (Å²) in [5.74, 6) is -1.93. The number of fused-ring (bicyclic) bond motifs is 5. The van der Waals surface area contributed by atoms with Crippen LogP contribution in [0.3, 0.4) is 0 Å². The van der Waals surface area contributed by atoms with E-state index in [0.29, 0.717) is 19.3 Å². The Labute approximate surface area is 238 Å². The molecule has 232 valence electrons. The number of aliphatic hydroxyl groups excluding tert-OH is 6. The van der Waals surface area contributed by atoms with Crippen LogP contribution in [0.1, 0.15) is 58.8 Å². The summed E-state index contributed by atoms with van der Waals surface area (Å²) in [6.45, 7) is 3.00. The van der Waals surface area contributed by atoms with Gasteiger partial charge in [0.1, 0.15) is 24.9 Å². The molecule has 4 aliphatic carbocycles. The number of carbonyl (C=O) groups is 1. The third-order valence-corrected chi connectivity index (χ3v) is 12.2. The Kier molecular flexibility index (Phi) is 7.22. The van der Waals surface area contributed by atoms with Crippen molar-refractivity contribution in [2.45, 2.75) is 119 Å². The number of aliphatic hydroxyl groups is 8. The number of carbonyl (C=O) groups excluding carboxylic acids is 1. The summed E-state index contributed by atoms with van der Waals surface area (Å²) < 4.78 is 16.7. The van der Waals surface area contributed by atoms with E-state index in [1.54, 1.807) is 0 Å². The molecular formula is C29H44O12. The molecule has 2 heterocycles. The summed E-state index contributed by atoms with van der Waals surface area (Å²) in [4.78, 5) is 11.8. The number of ether oxygens (including phenoxy) is 3. The van der Waals surface area contributed by atoms with Gasteiger partial charge in [0.25, 0.3) is 0 Å². The Morgan fingerprint density at radius 1 is 1.02 bits per heavy atom. The zero-order valence-corrected chi connectivity index (χ0v) is 23.5. The first kappa shape index (κ1) is 29.9. The van der Waals surface area contributed by atoms with Crippen molar-refractivity contribution in [2.24, 2.45) is 28.6 Å². The molecule has 2 aliphatic heterocycles. The lowest BCUT2D eigenvalue weighted by molar-refractivity contribution is -0.342. The highest BCUT2D eigenvalue weighted by Gasteiger charge is 2.75. The lowest BCUT2D eigenvalue weighted by Crippen LogP contribution is -2.76. The molecule has 1 saturated heterocycles. The predicted octanol–water partition coefficient (Wildman–Crippen LogP) is -1.51. The SMILES string of the molecule is C[C@H]1O[C@@H](O[C@H]2C[C@@H](O)[C@]3(CO)[C@@H]4[C@H](O)C[C@]5(C)[C@@H](C6=CC(=O)OC6)CC[C@]5(O)[C@@H]4CC[C@]3(O)C2)[C@@H](O)[C@@H](O)[C@H]1O. The predicted molar refractivity (Wildman–Crippen MR) is 139 cm³/mol. The summed E-state index contributed by atoms with van der Waals surface area (Å²) in [6, 6.07) is 0. The van der Waals surface area contributed by atoms with Gasteiger partial charge in [0.15, 0.2) is 6.29 Å². The highest BCUT2D eigenvalue weighted by atomic mass is 16.7. The van der Waals surface area contributed by atoms with Crippen LogP contribution in [0.25, 0.3) is 0 Å². The number of cyclic esters (lactones) is 1.